The van der Waals surface area contributed by atoms with Crippen molar-refractivity contribution in [3.8, 4) is 11.4 Å². The number of nitrogens with one attached hydrogen (secondary N) is 1. The van der Waals surface area contributed by atoms with Crippen LogP contribution in [0, 0.1) is 13.8 Å². The van der Waals surface area contributed by atoms with E-state index in [1.807, 2.05) is 0 Å². The first-order chi connectivity index (χ1) is 11.2. The van der Waals surface area contributed by atoms with E-state index in [-0.39, 0.29) is 0 Å². The van der Waals surface area contributed by atoms with Crippen molar-refractivity contribution in [2.45, 2.75) is 32.7 Å². The third-order valence-electron chi connectivity index (χ3n) is 5.01. The van der Waals surface area contributed by atoms with Crippen molar-refractivity contribution in [2.75, 3.05) is 13.1 Å². The van der Waals surface area contributed by atoms with Gasteiger partial charge in [-0.1, -0.05) is 30.3 Å². The second-order valence-corrected chi connectivity index (χ2v) is 6.58. The Morgan fingerprint density at radius 3 is 2.43 bits per heavy atom. The third-order valence-corrected chi connectivity index (χ3v) is 5.01. The lowest BCUT2D eigenvalue weighted by Crippen LogP contribution is -2.29. The third kappa shape index (κ3) is 2.55. The minimum atomic E-state index is 0.526. The van der Waals surface area contributed by atoms with Crippen molar-refractivity contribution >= 4 is 11.0 Å². The normalized spacial score (nSPS) is 16.1. The average Bonchev–Trinajstić information content (AvgIpc) is 2.95. The van der Waals surface area contributed by atoms with Crippen LogP contribution in [0.3, 0.4) is 0 Å². The Bertz CT molecular complexity index is 827. The summed E-state index contributed by atoms with van der Waals surface area (Å²) in [6.45, 7) is 6.53. The molecule has 3 aromatic rings. The Hall–Kier alpha value is -2.13. The van der Waals surface area contributed by atoms with E-state index in [4.69, 9.17) is 4.98 Å². The highest BCUT2D eigenvalue weighted by Gasteiger charge is 2.22. The Labute approximate surface area is 137 Å². The van der Waals surface area contributed by atoms with Gasteiger partial charge in [0.1, 0.15) is 5.82 Å². The predicted molar refractivity (Wildman–Crippen MR) is 95.8 cm³/mol. The fourth-order valence-corrected chi connectivity index (χ4v) is 3.58. The zero-order chi connectivity index (χ0) is 15.8. The van der Waals surface area contributed by atoms with Gasteiger partial charge in [0.05, 0.1) is 11.0 Å². The summed E-state index contributed by atoms with van der Waals surface area (Å²) < 4.78 is 2.48. The molecule has 2 heterocycles. The molecule has 0 aliphatic carbocycles. The SMILES string of the molecule is Cc1cc2nc(-c3ccccc3)n(C3CCNCC3)c2cc1C. The molecular weight excluding hydrogens is 282 g/mol. The molecule has 1 fully saturated rings. The summed E-state index contributed by atoms with van der Waals surface area (Å²) >= 11 is 0. The van der Waals surface area contributed by atoms with Gasteiger partial charge in [-0.15, -0.1) is 0 Å². The molecule has 0 unspecified atom stereocenters. The first-order valence-electron chi connectivity index (χ1n) is 8.49. The van der Waals surface area contributed by atoms with Gasteiger partial charge in [0.15, 0.2) is 0 Å². The number of hydrogen-bond donors (Lipinski definition) is 1. The summed E-state index contributed by atoms with van der Waals surface area (Å²) in [7, 11) is 0. The van der Waals surface area contributed by atoms with Crippen LogP contribution < -0.4 is 5.32 Å². The van der Waals surface area contributed by atoms with Crippen molar-refractivity contribution in [3.63, 3.8) is 0 Å². The Morgan fingerprint density at radius 2 is 1.70 bits per heavy atom. The smallest absolute Gasteiger partial charge is 0.141 e. The molecule has 0 atom stereocenters. The second-order valence-electron chi connectivity index (χ2n) is 6.58. The fraction of sp³-hybridized carbons (Fsp3) is 0.350. The Morgan fingerprint density at radius 1 is 1.00 bits per heavy atom. The molecule has 1 aliphatic heterocycles. The number of piperidine rings is 1. The summed E-state index contributed by atoms with van der Waals surface area (Å²) in [4.78, 5) is 5.00. The molecule has 3 heteroatoms. The average molecular weight is 305 g/mol. The Kier molecular flexibility index (Phi) is 3.66. The largest absolute Gasteiger partial charge is 0.321 e. The molecule has 0 saturated carbocycles. The summed E-state index contributed by atoms with van der Waals surface area (Å²) in [5, 5.41) is 3.47. The zero-order valence-electron chi connectivity index (χ0n) is 13.8. The van der Waals surface area contributed by atoms with Crippen molar-refractivity contribution < 1.29 is 0 Å². The van der Waals surface area contributed by atoms with Gasteiger partial charge in [0.25, 0.3) is 0 Å². The lowest BCUT2D eigenvalue weighted by atomic mass is 10.0. The van der Waals surface area contributed by atoms with Gasteiger partial charge in [-0.05, 0) is 63.0 Å². The minimum Gasteiger partial charge on any atom is -0.321 e. The summed E-state index contributed by atoms with van der Waals surface area (Å²) in [5.74, 6) is 1.11. The van der Waals surface area contributed by atoms with Crippen LogP contribution in [0.4, 0.5) is 0 Å². The van der Waals surface area contributed by atoms with Gasteiger partial charge < -0.3 is 9.88 Å². The summed E-state index contributed by atoms with van der Waals surface area (Å²) in [6, 6.07) is 15.7. The van der Waals surface area contributed by atoms with E-state index in [0.29, 0.717) is 6.04 Å². The van der Waals surface area contributed by atoms with Crippen LogP contribution in [0.2, 0.25) is 0 Å². The van der Waals surface area contributed by atoms with Crippen LogP contribution in [0.25, 0.3) is 22.4 Å². The topological polar surface area (TPSA) is 29.9 Å². The quantitative estimate of drug-likeness (QED) is 0.767. The number of aromatic nitrogens is 2. The maximum atomic E-state index is 5.00. The molecule has 1 aliphatic rings. The van der Waals surface area contributed by atoms with E-state index in [2.05, 4.69) is 66.2 Å². The summed E-state index contributed by atoms with van der Waals surface area (Å²) in [6.07, 6.45) is 2.33. The van der Waals surface area contributed by atoms with Crippen LogP contribution in [-0.4, -0.2) is 22.6 Å². The van der Waals surface area contributed by atoms with Crippen LogP contribution in [0.5, 0.6) is 0 Å². The first-order valence-corrected chi connectivity index (χ1v) is 8.49. The highest BCUT2D eigenvalue weighted by Crippen LogP contribution is 2.33. The van der Waals surface area contributed by atoms with Crippen LogP contribution in [-0.2, 0) is 0 Å². The van der Waals surface area contributed by atoms with Crippen molar-refractivity contribution in [1.29, 1.82) is 0 Å². The number of imidazole rings is 1. The van der Waals surface area contributed by atoms with E-state index < -0.39 is 0 Å². The molecular formula is C20H23N3. The number of aryl methyl sites for hydroxylation is 2. The van der Waals surface area contributed by atoms with Crippen LogP contribution in [0.15, 0.2) is 42.5 Å². The number of fused-ring (bicyclic) bond motifs is 1. The molecule has 3 nitrogen and oxygen atoms in total. The highest BCUT2D eigenvalue weighted by atomic mass is 15.1. The molecule has 0 amide bonds. The molecule has 1 saturated heterocycles. The maximum absolute atomic E-state index is 5.00. The molecule has 1 aromatic heterocycles. The lowest BCUT2D eigenvalue weighted by Gasteiger charge is -2.26. The van der Waals surface area contributed by atoms with Gasteiger partial charge in [0, 0.05) is 11.6 Å². The van der Waals surface area contributed by atoms with E-state index in [1.165, 1.54) is 22.2 Å². The fourth-order valence-electron chi connectivity index (χ4n) is 3.58. The summed E-state index contributed by atoms with van der Waals surface area (Å²) in [5.41, 5.74) is 6.25. The second kappa shape index (κ2) is 5.82. The number of nitrogens with zero attached hydrogens (tertiary/aromatic N) is 2. The number of hydrogen-bond acceptors (Lipinski definition) is 2. The minimum absolute atomic E-state index is 0.526. The van der Waals surface area contributed by atoms with Gasteiger partial charge in [-0.2, -0.15) is 0 Å². The molecule has 4 rings (SSSR count). The van der Waals surface area contributed by atoms with E-state index in [9.17, 15) is 0 Å². The van der Waals surface area contributed by atoms with Gasteiger partial charge >= 0.3 is 0 Å². The molecule has 118 valence electrons. The van der Waals surface area contributed by atoms with Gasteiger partial charge in [0.2, 0.25) is 0 Å². The van der Waals surface area contributed by atoms with E-state index in [0.717, 1.165) is 37.3 Å². The van der Waals surface area contributed by atoms with Crippen LogP contribution in [0.1, 0.15) is 30.0 Å². The monoisotopic (exact) mass is 305 g/mol. The van der Waals surface area contributed by atoms with Crippen molar-refractivity contribution in [1.82, 2.24) is 14.9 Å². The first kappa shape index (κ1) is 14.5. The molecule has 0 radical (unpaired) electrons. The molecule has 1 N–H and O–H groups in total. The van der Waals surface area contributed by atoms with Gasteiger partial charge in [-0.3, -0.25) is 0 Å². The van der Waals surface area contributed by atoms with E-state index in [1.54, 1.807) is 0 Å². The maximum Gasteiger partial charge on any atom is 0.141 e. The molecule has 0 spiro atoms. The molecule has 2 aromatic carbocycles. The van der Waals surface area contributed by atoms with E-state index >= 15 is 0 Å². The lowest BCUT2D eigenvalue weighted by molar-refractivity contribution is 0.377. The van der Waals surface area contributed by atoms with Crippen LogP contribution >= 0.6 is 0 Å². The predicted octanol–water partition coefficient (Wildman–Crippen LogP) is 4.24. The molecule has 0 bridgehead atoms. The highest BCUT2D eigenvalue weighted by molar-refractivity contribution is 5.82. The molecule has 23 heavy (non-hydrogen) atoms. The standard InChI is InChI=1S/C20H23N3/c1-14-12-18-19(13-15(14)2)23(17-8-10-21-11-9-17)20(22-18)16-6-4-3-5-7-16/h3-7,12-13,17,21H,8-11H2,1-2H3. The Balaban J connectivity index is 1.96. The number of benzene rings is 2. The van der Waals surface area contributed by atoms with Crippen molar-refractivity contribution in [3.05, 3.63) is 53.6 Å². The van der Waals surface area contributed by atoms with Gasteiger partial charge in [-0.25, -0.2) is 4.98 Å². The van der Waals surface area contributed by atoms with Crippen molar-refractivity contribution in [2.24, 2.45) is 0 Å². The zero-order valence-corrected chi connectivity index (χ0v) is 13.8. The number of rotatable bonds is 2.